The molecule has 22 heavy (non-hydrogen) atoms. The smallest absolute Gasteiger partial charge is 0.175 e. The van der Waals surface area contributed by atoms with Crippen molar-refractivity contribution in [1.29, 1.82) is 0 Å². The van der Waals surface area contributed by atoms with Gasteiger partial charge in [0.2, 0.25) is 0 Å². The van der Waals surface area contributed by atoms with Crippen molar-refractivity contribution in [3.63, 3.8) is 0 Å². The molecule has 0 aliphatic carbocycles. The number of rotatable bonds is 3. The van der Waals surface area contributed by atoms with Crippen molar-refractivity contribution in [2.24, 2.45) is 0 Å². The second-order valence-corrected chi connectivity index (χ2v) is 6.33. The Hall–Kier alpha value is -1.50. The van der Waals surface area contributed by atoms with Crippen LogP contribution in [0.15, 0.2) is 57.7 Å². The van der Waals surface area contributed by atoms with Crippen molar-refractivity contribution in [3.8, 4) is 11.3 Å². The summed E-state index contributed by atoms with van der Waals surface area (Å²) in [7, 11) is 0. The third kappa shape index (κ3) is 2.99. The summed E-state index contributed by atoms with van der Waals surface area (Å²) in [4.78, 5) is 7.43. The summed E-state index contributed by atoms with van der Waals surface area (Å²) in [6.45, 7) is 0. The number of nitrogens with zero attached hydrogens (tertiary/aromatic N) is 1. The van der Waals surface area contributed by atoms with Crippen molar-refractivity contribution >= 4 is 31.9 Å². The standard InChI is InChI=1S/C16H11Br2FN2O/c17-12-4-2-1-3-11(12)13-14(21-16(18)20-13)15(22)9-5-7-10(19)8-6-9/h1-8,15,22H,(H,20,21). The first-order valence-electron chi connectivity index (χ1n) is 6.50. The second kappa shape index (κ2) is 6.32. The van der Waals surface area contributed by atoms with E-state index < -0.39 is 6.10 Å². The third-order valence-electron chi connectivity index (χ3n) is 3.29. The molecule has 0 bridgehead atoms. The molecule has 0 radical (unpaired) electrons. The molecule has 3 rings (SSSR count). The van der Waals surface area contributed by atoms with Crippen LogP contribution in [0.4, 0.5) is 4.39 Å². The first kappa shape index (κ1) is 15.4. The molecule has 0 aliphatic heterocycles. The zero-order chi connectivity index (χ0) is 15.7. The zero-order valence-electron chi connectivity index (χ0n) is 11.2. The number of aromatic nitrogens is 2. The number of nitrogens with one attached hydrogen (secondary N) is 1. The van der Waals surface area contributed by atoms with Gasteiger partial charge in [-0.05, 0) is 39.7 Å². The minimum atomic E-state index is -0.929. The third-order valence-corrected chi connectivity index (χ3v) is 4.36. The Morgan fingerprint density at radius 3 is 2.41 bits per heavy atom. The van der Waals surface area contributed by atoms with E-state index in [2.05, 4.69) is 41.8 Å². The van der Waals surface area contributed by atoms with Crippen molar-refractivity contribution in [3.05, 3.63) is 74.8 Å². The Balaban J connectivity index is 2.08. The lowest BCUT2D eigenvalue weighted by atomic mass is 10.0. The number of imidazole rings is 1. The van der Waals surface area contributed by atoms with Crippen LogP contribution >= 0.6 is 31.9 Å². The highest BCUT2D eigenvalue weighted by Gasteiger charge is 2.21. The van der Waals surface area contributed by atoms with E-state index in [0.717, 1.165) is 10.0 Å². The minimum Gasteiger partial charge on any atom is -0.382 e. The number of H-pyrrole nitrogens is 1. The van der Waals surface area contributed by atoms with E-state index in [4.69, 9.17) is 0 Å². The van der Waals surface area contributed by atoms with Crippen LogP contribution in [0.25, 0.3) is 11.3 Å². The molecule has 1 atom stereocenters. The summed E-state index contributed by atoms with van der Waals surface area (Å²) in [5.41, 5.74) is 2.63. The van der Waals surface area contributed by atoms with Gasteiger partial charge in [-0.25, -0.2) is 9.37 Å². The Labute approximate surface area is 143 Å². The summed E-state index contributed by atoms with van der Waals surface area (Å²) in [6, 6.07) is 13.4. The topological polar surface area (TPSA) is 48.9 Å². The number of benzene rings is 2. The van der Waals surface area contributed by atoms with Gasteiger partial charge in [-0.1, -0.05) is 46.3 Å². The van der Waals surface area contributed by atoms with Crippen LogP contribution in [0.2, 0.25) is 0 Å². The molecular weight excluding hydrogens is 415 g/mol. The summed E-state index contributed by atoms with van der Waals surface area (Å²) in [6.07, 6.45) is -0.929. The summed E-state index contributed by atoms with van der Waals surface area (Å²) in [5.74, 6) is -0.340. The molecule has 1 unspecified atom stereocenters. The van der Waals surface area contributed by atoms with Gasteiger partial charge >= 0.3 is 0 Å². The van der Waals surface area contributed by atoms with Crippen LogP contribution in [-0.4, -0.2) is 15.1 Å². The van der Waals surface area contributed by atoms with E-state index in [9.17, 15) is 9.50 Å². The highest BCUT2D eigenvalue weighted by atomic mass is 79.9. The van der Waals surface area contributed by atoms with E-state index in [1.54, 1.807) is 12.1 Å². The van der Waals surface area contributed by atoms with Gasteiger partial charge in [-0.3, -0.25) is 0 Å². The van der Waals surface area contributed by atoms with Crippen molar-refractivity contribution < 1.29 is 9.50 Å². The average Bonchev–Trinajstić information content (AvgIpc) is 2.89. The fraction of sp³-hybridized carbons (Fsp3) is 0.0625. The molecule has 1 aromatic heterocycles. The van der Waals surface area contributed by atoms with E-state index in [-0.39, 0.29) is 5.82 Å². The number of aromatic amines is 1. The molecule has 0 aliphatic rings. The van der Waals surface area contributed by atoms with Gasteiger partial charge in [-0.2, -0.15) is 0 Å². The zero-order valence-corrected chi connectivity index (χ0v) is 14.4. The molecule has 2 N–H and O–H groups in total. The number of halogens is 3. The summed E-state index contributed by atoms with van der Waals surface area (Å²) >= 11 is 6.80. The first-order chi connectivity index (χ1) is 10.6. The number of aliphatic hydroxyl groups excluding tert-OH is 1. The van der Waals surface area contributed by atoms with Gasteiger partial charge in [0, 0.05) is 10.0 Å². The maximum absolute atomic E-state index is 13.0. The van der Waals surface area contributed by atoms with Crippen LogP contribution in [0.3, 0.4) is 0 Å². The van der Waals surface area contributed by atoms with Crippen LogP contribution < -0.4 is 0 Å². The van der Waals surface area contributed by atoms with Crippen LogP contribution in [0.1, 0.15) is 17.4 Å². The normalized spacial score (nSPS) is 12.4. The van der Waals surface area contributed by atoms with Crippen LogP contribution in [0, 0.1) is 5.82 Å². The molecule has 1 heterocycles. The Kier molecular flexibility index (Phi) is 4.42. The number of hydrogen-bond acceptors (Lipinski definition) is 2. The van der Waals surface area contributed by atoms with Crippen molar-refractivity contribution in [2.75, 3.05) is 0 Å². The highest BCUT2D eigenvalue weighted by molar-refractivity contribution is 9.10. The van der Waals surface area contributed by atoms with Gasteiger partial charge in [0.1, 0.15) is 11.9 Å². The van der Waals surface area contributed by atoms with E-state index in [1.165, 1.54) is 12.1 Å². The number of aliphatic hydroxyl groups is 1. The van der Waals surface area contributed by atoms with Gasteiger partial charge < -0.3 is 10.1 Å². The Bertz CT molecular complexity index is 802. The lowest BCUT2D eigenvalue weighted by Gasteiger charge is -2.12. The van der Waals surface area contributed by atoms with Crippen molar-refractivity contribution in [1.82, 2.24) is 9.97 Å². The predicted octanol–water partition coefficient (Wildman–Crippen LogP) is 4.82. The molecule has 0 saturated carbocycles. The maximum Gasteiger partial charge on any atom is 0.175 e. The molecule has 6 heteroatoms. The molecule has 0 amide bonds. The fourth-order valence-corrected chi connectivity index (χ4v) is 3.09. The van der Waals surface area contributed by atoms with Crippen LogP contribution in [-0.2, 0) is 0 Å². The van der Waals surface area contributed by atoms with Gasteiger partial charge in [0.25, 0.3) is 0 Å². The van der Waals surface area contributed by atoms with E-state index >= 15 is 0 Å². The molecule has 3 nitrogen and oxygen atoms in total. The van der Waals surface area contributed by atoms with Crippen LogP contribution in [0.5, 0.6) is 0 Å². The second-order valence-electron chi connectivity index (χ2n) is 4.72. The quantitative estimate of drug-likeness (QED) is 0.631. The highest BCUT2D eigenvalue weighted by Crippen LogP contribution is 2.35. The van der Waals surface area contributed by atoms with E-state index in [0.29, 0.717) is 21.7 Å². The molecule has 0 saturated heterocycles. The lowest BCUT2D eigenvalue weighted by Crippen LogP contribution is -2.02. The number of hydrogen-bond donors (Lipinski definition) is 2. The SMILES string of the molecule is OC(c1ccc(F)cc1)c1[nH]c(Br)nc1-c1ccccc1Br. The molecule has 3 aromatic rings. The average molecular weight is 426 g/mol. The van der Waals surface area contributed by atoms with Crippen molar-refractivity contribution in [2.45, 2.75) is 6.10 Å². The lowest BCUT2D eigenvalue weighted by molar-refractivity contribution is 0.216. The molecule has 0 spiro atoms. The molecular formula is C16H11Br2FN2O. The summed E-state index contributed by atoms with van der Waals surface area (Å²) in [5, 5.41) is 10.6. The molecule has 112 valence electrons. The molecule has 2 aromatic carbocycles. The Morgan fingerprint density at radius 1 is 1.05 bits per heavy atom. The predicted molar refractivity (Wildman–Crippen MR) is 89.9 cm³/mol. The van der Waals surface area contributed by atoms with E-state index in [1.807, 2.05) is 24.3 Å². The van der Waals surface area contributed by atoms with Gasteiger partial charge in [-0.15, -0.1) is 0 Å². The largest absolute Gasteiger partial charge is 0.382 e. The monoisotopic (exact) mass is 424 g/mol. The van der Waals surface area contributed by atoms with Gasteiger partial charge in [0.15, 0.2) is 4.73 Å². The molecule has 0 fully saturated rings. The van der Waals surface area contributed by atoms with Gasteiger partial charge in [0.05, 0.1) is 11.4 Å². The maximum atomic E-state index is 13.0. The first-order valence-corrected chi connectivity index (χ1v) is 8.08. The minimum absolute atomic E-state index is 0.340. The fourth-order valence-electron chi connectivity index (χ4n) is 2.22. The summed E-state index contributed by atoms with van der Waals surface area (Å²) < 4.78 is 14.4. The Morgan fingerprint density at radius 2 is 1.73 bits per heavy atom.